The van der Waals surface area contributed by atoms with Crippen molar-refractivity contribution in [2.75, 3.05) is 20.8 Å². The fraction of sp³-hybridized carbons (Fsp3) is 0.462. The molecule has 0 radical (unpaired) electrons. The van der Waals surface area contributed by atoms with Crippen LogP contribution in [-0.4, -0.2) is 27.1 Å². The molecular weight excluding hydrogens is 218 g/mol. The standard InChI is InChI=1S/C13H17NO3/c1-16-12-7-9(11-4-3-5-14-11)6-10(8-15)13(12)17-2/h6-8,11,14H,3-5H2,1-2H3. The normalized spacial score (nSPS) is 19.1. The average Bonchev–Trinajstić information content (AvgIpc) is 2.90. The van der Waals surface area contributed by atoms with Crippen LogP contribution in [0.5, 0.6) is 11.5 Å². The molecule has 92 valence electrons. The molecule has 0 aliphatic carbocycles. The van der Waals surface area contributed by atoms with E-state index in [4.69, 9.17) is 9.47 Å². The van der Waals surface area contributed by atoms with Gasteiger partial charge in [0.15, 0.2) is 17.8 Å². The second kappa shape index (κ2) is 5.19. The van der Waals surface area contributed by atoms with E-state index in [0.717, 1.165) is 31.2 Å². The fourth-order valence-corrected chi connectivity index (χ4v) is 2.27. The number of benzene rings is 1. The zero-order valence-electron chi connectivity index (χ0n) is 10.2. The molecule has 1 fully saturated rings. The topological polar surface area (TPSA) is 47.6 Å². The van der Waals surface area contributed by atoms with Crippen LogP contribution in [0.2, 0.25) is 0 Å². The van der Waals surface area contributed by atoms with Gasteiger partial charge in [0.2, 0.25) is 0 Å². The van der Waals surface area contributed by atoms with E-state index >= 15 is 0 Å². The van der Waals surface area contributed by atoms with Crippen molar-refractivity contribution < 1.29 is 14.3 Å². The van der Waals surface area contributed by atoms with Crippen LogP contribution < -0.4 is 14.8 Å². The molecule has 1 aromatic carbocycles. The molecule has 0 aromatic heterocycles. The Balaban J connectivity index is 2.43. The largest absolute Gasteiger partial charge is 0.493 e. The van der Waals surface area contributed by atoms with Gasteiger partial charge in [-0.2, -0.15) is 0 Å². The number of carbonyl (C=O) groups is 1. The van der Waals surface area contributed by atoms with Gasteiger partial charge >= 0.3 is 0 Å². The van der Waals surface area contributed by atoms with E-state index < -0.39 is 0 Å². The van der Waals surface area contributed by atoms with Crippen molar-refractivity contribution in [3.63, 3.8) is 0 Å². The lowest BCUT2D eigenvalue weighted by Gasteiger charge is -2.16. The summed E-state index contributed by atoms with van der Waals surface area (Å²) in [5, 5.41) is 3.40. The summed E-state index contributed by atoms with van der Waals surface area (Å²) in [6, 6.07) is 4.13. The molecule has 1 saturated heterocycles. The van der Waals surface area contributed by atoms with Crippen LogP contribution in [0.15, 0.2) is 12.1 Å². The zero-order chi connectivity index (χ0) is 12.3. The molecule has 17 heavy (non-hydrogen) atoms. The Bertz CT molecular complexity index is 411. The Kier molecular flexibility index (Phi) is 3.64. The number of ether oxygens (including phenoxy) is 2. The second-order valence-electron chi connectivity index (χ2n) is 4.11. The highest BCUT2D eigenvalue weighted by molar-refractivity contribution is 5.81. The van der Waals surface area contributed by atoms with Crippen molar-refractivity contribution in [1.29, 1.82) is 0 Å². The maximum Gasteiger partial charge on any atom is 0.171 e. The third kappa shape index (κ3) is 2.26. The summed E-state index contributed by atoms with van der Waals surface area (Å²) in [5.41, 5.74) is 1.62. The summed E-state index contributed by atoms with van der Waals surface area (Å²) in [7, 11) is 3.12. The summed E-state index contributed by atoms with van der Waals surface area (Å²) in [6.45, 7) is 1.02. The van der Waals surface area contributed by atoms with Gasteiger partial charge in [-0.15, -0.1) is 0 Å². The van der Waals surface area contributed by atoms with Crippen molar-refractivity contribution in [3.05, 3.63) is 23.3 Å². The number of carbonyl (C=O) groups excluding carboxylic acids is 1. The molecule has 0 spiro atoms. The smallest absolute Gasteiger partial charge is 0.171 e. The molecule has 4 heteroatoms. The number of hydrogen-bond donors (Lipinski definition) is 1. The van der Waals surface area contributed by atoms with Gasteiger partial charge in [0.05, 0.1) is 19.8 Å². The first-order chi connectivity index (χ1) is 8.30. The molecule has 0 saturated carbocycles. The Hall–Kier alpha value is -1.55. The van der Waals surface area contributed by atoms with Gasteiger partial charge < -0.3 is 14.8 Å². The minimum Gasteiger partial charge on any atom is -0.493 e. The van der Waals surface area contributed by atoms with Gasteiger partial charge in [-0.05, 0) is 37.1 Å². The van der Waals surface area contributed by atoms with Crippen LogP contribution in [0.3, 0.4) is 0 Å². The summed E-state index contributed by atoms with van der Waals surface area (Å²) in [4.78, 5) is 11.1. The molecular formula is C13H17NO3. The fourth-order valence-electron chi connectivity index (χ4n) is 2.27. The molecule has 1 atom stereocenters. The van der Waals surface area contributed by atoms with Crippen molar-refractivity contribution in [1.82, 2.24) is 5.32 Å². The zero-order valence-corrected chi connectivity index (χ0v) is 10.2. The summed E-state index contributed by atoms with van der Waals surface area (Å²) in [5.74, 6) is 1.12. The van der Waals surface area contributed by atoms with Crippen molar-refractivity contribution in [2.24, 2.45) is 0 Å². The van der Waals surface area contributed by atoms with E-state index in [1.165, 1.54) is 0 Å². The molecule has 1 heterocycles. The average molecular weight is 235 g/mol. The minimum absolute atomic E-state index is 0.313. The highest BCUT2D eigenvalue weighted by atomic mass is 16.5. The van der Waals surface area contributed by atoms with Gasteiger partial charge in [-0.1, -0.05) is 0 Å². The van der Waals surface area contributed by atoms with Crippen LogP contribution in [-0.2, 0) is 0 Å². The number of rotatable bonds is 4. The molecule has 0 amide bonds. The molecule has 1 aliphatic heterocycles. The quantitative estimate of drug-likeness (QED) is 0.810. The van der Waals surface area contributed by atoms with Gasteiger partial charge in [0.25, 0.3) is 0 Å². The third-order valence-corrected chi connectivity index (χ3v) is 3.12. The minimum atomic E-state index is 0.313. The predicted molar refractivity (Wildman–Crippen MR) is 64.9 cm³/mol. The van der Waals surface area contributed by atoms with Gasteiger partial charge in [0, 0.05) is 6.04 Å². The molecule has 0 bridgehead atoms. The van der Waals surface area contributed by atoms with Gasteiger partial charge in [-0.25, -0.2) is 0 Å². The van der Waals surface area contributed by atoms with Crippen LogP contribution in [0, 0.1) is 0 Å². The molecule has 1 aromatic rings. The Morgan fingerprint density at radius 2 is 2.18 bits per heavy atom. The lowest BCUT2D eigenvalue weighted by atomic mass is 10.0. The lowest BCUT2D eigenvalue weighted by Crippen LogP contribution is -2.13. The maximum atomic E-state index is 11.1. The van der Waals surface area contributed by atoms with E-state index in [9.17, 15) is 4.79 Å². The van der Waals surface area contributed by atoms with Gasteiger partial charge in [0.1, 0.15) is 0 Å². The van der Waals surface area contributed by atoms with E-state index in [-0.39, 0.29) is 0 Å². The predicted octanol–water partition coefficient (Wildman–Crippen LogP) is 1.94. The second-order valence-corrected chi connectivity index (χ2v) is 4.11. The monoisotopic (exact) mass is 235 g/mol. The first-order valence-electron chi connectivity index (χ1n) is 5.74. The summed E-state index contributed by atoms with van der Waals surface area (Å²) in [6.07, 6.45) is 3.06. The Morgan fingerprint density at radius 3 is 2.71 bits per heavy atom. The number of nitrogens with one attached hydrogen (secondary N) is 1. The highest BCUT2D eigenvalue weighted by Gasteiger charge is 2.20. The molecule has 1 unspecified atom stereocenters. The Labute approximate surface area is 101 Å². The number of hydrogen-bond acceptors (Lipinski definition) is 4. The molecule has 2 rings (SSSR count). The maximum absolute atomic E-state index is 11.1. The Morgan fingerprint density at radius 1 is 1.35 bits per heavy atom. The molecule has 1 N–H and O–H groups in total. The summed E-state index contributed by atoms with van der Waals surface area (Å²) < 4.78 is 10.5. The summed E-state index contributed by atoms with van der Waals surface area (Å²) >= 11 is 0. The van der Waals surface area contributed by atoms with Crippen LogP contribution in [0.4, 0.5) is 0 Å². The van der Waals surface area contributed by atoms with Crippen LogP contribution >= 0.6 is 0 Å². The van der Waals surface area contributed by atoms with Crippen molar-refractivity contribution in [2.45, 2.75) is 18.9 Å². The first kappa shape index (κ1) is 11.9. The van der Waals surface area contributed by atoms with Gasteiger partial charge in [-0.3, -0.25) is 4.79 Å². The third-order valence-electron chi connectivity index (χ3n) is 3.12. The van der Waals surface area contributed by atoms with E-state index in [2.05, 4.69) is 5.32 Å². The van der Waals surface area contributed by atoms with Crippen LogP contribution in [0.1, 0.15) is 34.8 Å². The van der Waals surface area contributed by atoms with Crippen LogP contribution in [0.25, 0.3) is 0 Å². The van der Waals surface area contributed by atoms with Crippen molar-refractivity contribution >= 4 is 6.29 Å². The first-order valence-corrected chi connectivity index (χ1v) is 5.74. The molecule has 1 aliphatic rings. The SMILES string of the molecule is COc1cc(C2CCCN2)cc(C=O)c1OC. The number of aldehydes is 1. The van der Waals surface area contributed by atoms with E-state index in [1.807, 2.05) is 12.1 Å². The highest BCUT2D eigenvalue weighted by Crippen LogP contribution is 2.35. The number of methoxy groups -OCH3 is 2. The van der Waals surface area contributed by atoms with E-state index in [0.29, 0.717) is 23.1 Å². The molecule has 4 nitrogen and oxygen atoms in total. The van der Waals surface area contributed by atoms with Crippen molar-refractivity contribution in [3.8, 4) is 11.5 Å². The van der Waals surface area contributed by atoms with E-state index in [1.54, 1.807) is 14.2 Å². The lowest BCUT2D eigenvalue weighted by molar-refractivity contribution is 0.112.